The molecule has 2 aromatic heterocycles. The number of aromatic nitrogens is 2. The van der Waals surface area contributed by atoms with E-state index >= 15 is 0 Å². The monoisotopic (exact) mass is 467 g/mol. The summed E-state index contributed by atoms with van der Waals surface area (Å²) >= 11 is 12.1. The number of halogens is 1. The second kappa shape index (κ2) is 9.58. The van der Waals surface area contributed by atoms with Gasteiger partial charge in [-0.25, -0.2) is 0 Å². The highest BCUT2D eigenvalue weighted by molar-refractivity contribution is 7.80. The number of ether oxygens (including phenoxy) is 1. The van der Waals surface area contributed by atoms with Crippen LogP contribution in [0.2, 0.25) is 5.02 Å². The number of hydrogen-bond donors (Lipinski definition) is 1. The molecule has 0 aliphatic carbocycles. The molecule has 2 fully saturated rings. The molecule has 0 radical (unpaired) electrons. The summed E-state index contributed by atoms with van der Waals surface area (Å²) < 4.78 is 7.70. The van der Waals surface area contributed by atoms with Crippen LogP contribution in [0, 0.1) is 0 Å². The van der Waals surface area contributed by atoms with Crippen molar-refractivity contribution in [3.8, 4) is 5.69 Å². The van der Waals surface area contributed by atoms with E-state index in [2.05, 4.69) is 55.1 Å². The van der Waals surface area contributed by atoms with E-state index in [0.29, 0.717) is 5.02 Å². The molecule has 0 unspecified atom stereocenters. The molecule has 32 heavy (non-hydrogen) atoms. The maximum atomic E-state index is 6.30. The lowest BCUT2D eigenvalue weighted by Gasteiger charge is -2.32. The minimum Gasteiger partial charge on any atom is -0.379 e. The molecule has 2 saturated heterocycles. The van der Waals surface area contributed by atoms with Gasteiger partial charge in [0.1, 0.15) is 0 Å². The first-order valence-electron chi connectivity index (χ1n) is 10.9. The highest BCUT2D eigenvalue weighted by Gasteiger charge is 2.41. The molecule has 2 aliphatic rings. The lowest BCUT2D eigenvalue weighted by molar-refractivity contribution is 0.0349. The molecule has 0 bridgehead atoms. The van der Waals surface area contributed by atoms with Crippen LogP contribution in [-0.4, -0.2) is 63.9 Å². The van der Waals surface area contributed by atoms with E-state index in [4.69, 9.17) is 28.6 Å². The largest absolute Gasteiger partial charge is 0.379 e. The van der Waals surface area contributed by atoms with Crippen LogP contribution in [0.5, 0.6) is 0 Å². The van der Waals surface area contributed by atoms with Crippen molar-refractivity contribution in [3.63, 3.8) is 0 Å². The molecule has 166 valence electrons. The Labute approximate surface area is 198 Å². The fourth-order valence-corrected chi connectivity index (χ4v) is 5.05. The van der Waals surface area contributed by atoms with E-state index in [1.807, 2.05) is 36.5 Å². The van der Waals surface area contributed by atoms with Gasteiger partial charge in [-0.05, 0) is 54.7 Å². The zero-order valence-corrected chi connectivity index (χ0v) is 19.3. The molecule has 6 nitrogen and oxygen atoms in total. The van der Waals surface area contributed by atoms with E-state index in [9.17, 15) is 0 Å². The first-order valence-corrected chi connectivity index (χ1v) is 11.7. The van der Waals surface area contributed by atoms with Gasteiger partial charge in [0.15, 0.2) is 5.11 Å². The Morgan fingerprint density at radius 1 is 1.06 bits per heavy atom. The Morgan fingerprint density at radius 3 is 2.72 bits per heavy atom. The minimum absolute atomic E-state index is 0.00687. The minimum atomic E-state index is -0.0405. The fourth-order valence-electron chi connectivity index (χ4n) is 4.54. The van der Waals surface area contributed by atoms with E-state index < -0.39 is 0 Å². The molecule has 8 heteroatoms. The number of pyridine rings is 1. The summed E-state index contributed by atoms with van der Waals surface area (Å²) in [7, 11) is 0. The zero-order chi connectivity index (χ0) is 21.9. The van der Waals surface area contributed by atoms with Crippen LogP contribution < -0.4 is 5.32 Å². The average Bonchev–Trinajstić information content (AvgIpc) is 3.43. The lowest BCUT2D eigenvalue weighted by Crippen LogP contribution is -2.42. The van der Waals surface area contributed by atoms with Crippen LogP contribution in [0.15, 0.2) is 67.0 Å². The predicted octanol–water partition coefficient (Wildman–Crippen LogP) is 3.83. The van der Waals surface area contributed by atoms with Gasteiger partial charge < -0.3 is 19.5 Å². The maximum Gasteiger partial charge on any atom is 0.170 e. The van der Waals surface area contributed by atoms with Gasteiger partial charge in [-0.15, -0.1) is 0 Å². The van der Waals surface area contributed by atoms with E-state index in [1.165, 1.54) is 0 Å². The second-order valence-electron chi connectivity index (χ2n) is 8.06. The number of nitrogens with one attached hydrogen (secondary N) is 1. The highest BCUT2D eigenvalue weighted by Crippen LogP contribution is 2.39. The van der Waals surface area contributed by atoms with Crippen molar-refractivity contribution in [3.05, 3.63) is 83.4 Å². The third kappa shape index (κ3) is 4.38. The Hall–Kier alpha value is -2.45. The molecular formula is C24H26ClN5OS. The summed E-state index contributed by atoms with van der Waals surface area (Å²) in [5.41, 5.74) is 3.16. The van der Waals surface area contributed by atoms with Crippen LogP contribution in [0.4, 0.5) is 0 Å². The average molecular weight is 468 g/mol. The Bertz CT molecular complexity index is 1070. The maximum absolute atomic E-state index is 6.30. The third-order valence-electron chi connectivity index (χ3n) is 6.13. The van der Waals surface area contributed by atoms with Gasteiger partial charge in [0.05, 0.1) is 31.0 Å². The van der Waals surface area contributed by atoms with Crippen LogP contribution in [-0.2, 0) is 4.74 Å². The molecular weight excluding hydrogens is 442 g/mol. The summed E-state index contributed by atoms with van der Waals surface area (Å²) in [6.07, 6.45) is 3.92. The third-order valence-corrected chi connectivity index (χ3v) is 6.72. The molecule has 2 atom stereocenters. The van der Waals surface area contributed by atoms with Crippen molar-refractivity contribution in [2.24, 2.45) is 0 Å². The van der Waals surface area contributed by atoms with Gasteiger partial charge in [0, 0.05) is 55.0 Å². The molecule has 0 amide bonds. The summed E-state index contributed by atoms with van der Waals surface area (Å²) in [5, 5.41) is 5.03. The molecule has 1 N–H and O–H groups in total. The number of hydrogen-bond acceptors (Lipinski definition) is 4. The first-order chi connectivity index (χ1) is 15.7. The Kier molecular flexibility index (Phi) is 6.41. The van der Waals surface area contributed by atoms with Crippen molar-refractivity contribution in [2.75, 3.05) is 39.4 Å². The number of nitrogens with zero attached hydrogens (tertiary/aromatic N) is 4. The van der Waals surface area contributed by atoms with Crippen LogP contribution in [0.3, 0.4) is 0 Å². The Morgan fingerprint density at radius 2 is 1.94 bits per heavy atom. The van der Waals surface area contributed by atoms with E-state index in [-0.39, 0.29) is 12.1 Å². The van der Waals surface area contributed by atoms with Gasteiger partial charge in [-0.1, -0.05) is 23.7 Å². The highest BCUT2D eigenvalue weighted by atomic mass is 35.5. The molecule has 2 aliphatic heterocycles. The number of benzene rings is 1. The fraction of sp³-hybridized carbons (Fsp3) is 0.333. The molecule has 0 saturated carbocycles. The van der Waals surface area contributed by atoms with E-state index in [1.54, 1.807) is 0 Å². The molecule has 3 aromatic rings. The topological polar surface area (TPSA) is 45.6 Å². The van der Waals surface area contributed by atoms with Crippen LogP contribution in [0.1, 0.15) is 23.5 Å². The predicted molar refractivity (Wildman–Crippen MR) is 130 cm³/mol. The van der Waals surface area contributed by atoms with Gasteiger partial charge >= 0.3 is 0 Å². The summed E-state index contributed by atoms with van der Waals surface area (Å²) in [6, 6.07) is 18.2. The number of morpholine rings is 1. The van der Waals surface area contributed by atoms with Crippen LogP contribution in [0.25, 0.3) is 5.69 Å². The SMILES string of the molecule is S=C1N[C@H](c2ccccn2)[C@H](c2cccn2-c2cccc(Cl)c2)N1CCN1CCOCC1. The molecule has 5 rings (SSSR count). The Balaban J connectivity index is 1.50. The van der Waals surface area contributed by atoms with Gasteiger partial charge in [-0.2, -0.15) is 0 Å². The molecule has 1 aromatic carbocycles. The summed E-state index contributed by atoms with van der Waals surface area (Å²) in [4.78, 5) is 9.39. The second-order valence-corrected chi connectivity index (χ2v) is 8.88. The molecule has 4 heterocycles. The van der Waals surface area contributed by atoms with Gasteiger partial charge in [-0.3, -0.25) is 9.88 Å². The normalized spacial score (nSPS) is 21.7. The summed E-state index contributed by atoms with van der Waals surface area (Å²) in [6.45, 7) is 5.28. The molecule has 0 spiro atoms. The zero-order valence-electron chi connectivity index (χ0n) is 17.7. The number of thiocarbonyl (C=S) groups is 1. The van der Waals surface area contributed by atoms with Crippen LogP contribution >= 0.6 is 23.8 Å². The standard InChI is InChI=1S/C24H26ClN5OS/c25-18-5-3-6-19(17-18)29-10-4-8-21(29)23-22(20-7-1-2-9-26-20)27-24(32)30(23)12-11-28-13-15-31-16-14-28/h1-10,17,22-23H,11-16H2,(H,27,32)/t22-,23+/m1/s1. The van der Waals surface area contributed by atoms with E-state index in [0.717, 1.165) is 61.6 Å². The van der Waals surface area contributed by atoms with Crippen molar-refractivity contribution in [2.45, 2.75) is 12.1 Å². The smallest absolute Gasteiger partial charge is 0.170 e. The number of rotatable bonds is 6. The van der Waals surface area contributed by atoms with Crippen molar-refractivity contribution in [1.82, 2.24) is 24.7 Å². The van der Waals surface area contributed by atoms with Crippen molar-refractivity contribution < 1.29 is 4.74 Å². The van der Waals surface area contributed by atoms with Crippen molar-refractivity contribution >= 4 is 28.9 Å². The van der Waals surface area contributed by atoms with Gasteiger partial charge in [0.25, 0.3) is 0 Å². The quantitative estimate of drug-likeness (QED) is 0.556. The van der Waals surface area contributed by atoms with Crippen molar-refractivity contribution in [1.29, 1.82) is 0 Å². The lowest BCUT2D eigenvalue weighted by atomic mass is 10.0. The van der Waals surface area contributed by atoms with Gasteiger partial charge in [0.2, 0.25) is 0 Å². The summed E-state index contributed by atoms with van der Waals surface area (Å²) in [5.74, 6) is 0. The first kappa shape index (κ1) is 21.4.